The third kappa shape index (κ3) is 1.24. The molecule has 1 aliphatic heterocycles. The van der Waals surface area contributed by atoms with Gasteiger partial charge in [0, 0.05) is 6.20 Å². The van der Waals surface area contributed by atoms with Crippen molar-refractivity contribution in [3.05, 3.63) is 65.2 Å². The van der Waals surface area contributed by atoms with E-state index in [4.69, 9.17) is 0 Å². The van der Waals surface area contributed by atoms with Crippen LogP contribution in [0.4, 0.5) is 0 Å². The van der Waals surface area contributed by atoms with Crippen LogP contribution in [0.5, 0.6) is 0 Å². The average Bonchev–Trinajstić information content (AvgIpc) is 2.28. The summed E-state index contributed by atoms with van der Waals surface area (Å²) in [6.45, 7) is 0. The van der Waals surface area contributed by atoms with Gasteiger partial charge in [-0.1, -0.05) is 30.4 Å². The van der Waals surface area contributed by atoms with E-state index in [0.29, 0.717) is 0 Å². The van der Waals surface area contributed by atoms with E-state index in [0.717, 1.165) is 16.2 Å². The predicted octanol–water partition coefficient (Wildman–Crippen LogP) is 2.25. The van der Waals surface area contributed by atoms with E-state index in [1.807, 2.05) is 36.5 Å². The summed E-state index contributed by atoms with van der Waals surface area (Å²) in [5.41, 5.74) is 2.03. The normalized spacial score (nSPS) is 19.9. The van der Waals surface area contributed by atoms with E-state index < -0.39 is 0 Å². The van der Waals surface area contributed by atoms with Crippen molar-refractivity contribution in [3.63, 3.8) is 0 Å². The summed E-state index contributed by atoms with van der Waals surface area (Å²) in [5, 5.41) is 11.7. The molecule has 0 saturated heterocycles. The van der Waals surface area contributed by atoms with Crippen molar-refractivity contribution in [1.29, 1.82) is 0 Å². The second-order valence-corrected chi connectivity index (χ2v) is 2.63. The minimum absolute atomic E-state index is 0.808. The van der Waals surface area contributed by atoms with Crippen LogP contribution in [0.3, 0.4) is 0 Å². The molecule has 1 heterocycles. The van der Waals surface area contributed by atoms with Crippen LogP contribution in [0.25, 0.3) is 0 Å². The molecule has 2 heteroatoms. The minimum Gasteiger partial charge on any atom is -0.755 e. The van der Waals surface area contributed by atoms with Crippen LogP contribution in [0, 0.1) is 5.21 Å². The summed E-state index contributed by atoms with van der Waals surface area (Å²) in [5.74, 6) is 0. The van der Waals surface area contributed by atoms with Gasteiger partial charge >= 0.3 is 0 Å². The molecule has 0 saturated carbocycles. The third-order valence-corrected chi connectivity index (χ3v) is 1.77. The molecule has 2 nitrogen and oxygen atoms in total. The smallest absolute Gasteiger partial charge is 0.000258 e. The predicted molar refractivity (Wildman–Crippen MR) is 48.8 cm³/mol. The molecule has 0 spiro atoms. The van der Waals surface area contributed by atoms with Crippen LogP contribution >= 0.6 is 0 Å². The summed E-state index contributed by atoms with van der Waals surface area (Å²) in [4.78, 5) is 0. The first kappa shape index (κ1) is 7.13. The van der Waals surface area contributed by atoms with Crippen molar-refractivity contribution in [2.75, 3.05) is 0 Å². The second-order valence-electron chi connectivity index (χ2n) is 2.63. The Morgan fingerprint density at radius 2 is 1.92 bits per heavy atom. The van der Waals surface area contributed by atoms with Crippen LogP contribution in [0.1, 0.15) is 0 Å². The molecule has 2 aliphatic rings. The Hall–Kier alpha value is -1.54. The number of rotatable bonds is 0. The van der Waals surface area contributed by atoms with Crippen LogP contribution in [-0.4, -0.2) is 5.06 Å². The summed E-state index contributed by atoms with van der Waals surface area (Å²) < 4.78 is 0. The lowest BCUT2D eigenvalue weighted by Crippen LogP contribution is -2.04. The van der Waals surface area contributed by atoms with Gasteiger partial charge in [-0.05, 0) is 23.4 Å². The van der Waals surface area contributed by atoms with Gasteiger partial charge in [-0.15, -0.1) is 0 Å². The van der Waals surface area contributed by atoms with Gasteiger partial charge in [0.1, 0.15) is 0 Å². The Bertz CT molecular complexity index is 332. The first-order valence-electron chi connectivity index (χ1n) is 3.77. The molecule has 0 bridgehead atoms. The lowest BCUT2D eigenvalue weighted by molar-refractivity contribution is 0.686. The van der Waals surface area contributed by atoms with E-state index in [-0.39, 0.29) is 0 Å². The van der Waals surface area contributed by atoms with Crippen LogP contribution in [0.15, 0.2) is 60.0 Å². The zero-order chi connectivity index (χ0) is 8.39. The molecule has 0 aromatic heterocycles. The highest BCUT2D eigenvalue weighted by molar-refractivity contribution is 5.52. The molecule has 0 N–H and O–H groups in total. The van der Waals surface area contributed by atoms with Gasteiger partial charge in [0.05, 0.1) is 0 Å². The van der Waals surface area contributed by atoms with Gasteiger partial charge in [-0.3, -0.25) is 0 Å². The molecule has 2 rings (SSSR count). The summed E-state index contributed by atoms with van der Waals surface area (Å²) in [6.07, 6.45) is 14.6. The maximum absolute atomic E-state index is 10.9. The van der Waals surface area contributed by atoms with Crippen molar-refractivity contribution in [2.45, 2.75) is 0 Å². The number of fused-ring (bicyclic) bond motifs is 1. The molecule has 60 valence electrons. The molecule has 0 amide bonds. The van der Waals surface area contributed by atoms with E-state index in [1.165, 1.54) is 6.20 Å². The van der Waals surface area contributed by atoms with Crippen molar-refractivity contribution in [1.82, 2.24) is 5.06 Å². The molecule has 1 aliphatic carbocycles. The van der Waals surface area contributed by atoms with E-state index in [1.54, 1.807) is 6.20 Å². The Morgan fingerprint density at radius 3 is 2.83 bits per heavy atom. The second kappa shape index (κ2) is 2.83. The van der Waals surface area contributed by atoms with Gasteiger partial charge in [-0.2, -0.15) is 0 Å². The number of allylic oxidation sites excluding steroid dienone is 8. The van der Waals surface area contributed by atoms with Gasteiger partial charge in [0.15, 0.2) is 0 Å². The van der Waals surface area contributed by atoms with E-state index in [2.05, 4.69) is 0 Å². The molecule has 0 aromatic rings. The van der Waals surface area contributed by atoms with E-state index >= 15 is 0 Å². The highest BCUT2D eigenvalue weighted by atomic mass is 16.5. The minimum atomic E-state index is 0.808. The lowest BCUT2D eigenvalue weighted by Gasteiger charge is -2.26. The molecular formula is C10H8NO-. The topological polar surface area (TPSA) is 26.3 Å². The van der Waals surface area contributed by atoms with Crippen LogP contribution in [0.2, 0.25) is 0 Å². The third-order valence-electron chi connectivity index (χ3n) is 1.77. The molecule has 0 unspecified atom stereocenters. The maximum atomic E-state index is 10.9. The van der Waals surface area contributed by atoms with E-state index in [9.17, 15) is 5.21 Å². The molecular weight excluding hydrogens is 150 g/mol. The number of hydroxylamine groups is 2. The number of hydrogen-bond acceptors (Lipinski definition) is 2. The van der Waals surface area contributed by atoms with Gasteiger partial charge in [0.2, 0.25) is 0 Å². The summed E-state index contributed by atoms with van der Waals surface area (Å²) in [6, 6.07) is 0. The average molecular weight is 158 g/mol. The zero-order valence-electron chi connectivity index (χ0n) is 6.47. The van der Waals surface area contributed by atoms with Crippen molar-refractivity contribution >= 4 is 0 Å². The summed E-state index contributed by atoms with van der Waals surface area (Å²) >= 11 is 0. The first-order chi connectivity index (χ1) is 5.86. The van der Waals surface area contributed by atoms with Crippen LogP contribution < -0.4 is 0 Å². The fourth-order valence-electron chi connectivity index (χ4n) is 1.18. The molecule has 0 radical (unpaired) electrons. The zero-order valence-corrected chi connectivity index (χ0v) is 6.47. The maximum Gasteiger partial charge on any atom is 0.000258 e. The molecule has 12 heavy (non-hydrogen) atoms. The highest BCUT2D eigenvalue weighted by Gasteiger charge is 2.02. The quantitative estimate of drug-likeness (QED) is 0.540. The van der Waals surface area contributed by atoms with Gasteiger partial charge in [0.25, 0.3) is 0 Å². The molecule has 0 aromatic carbocycles. The Balaban J connectivity index is 2.42. The molecule has 0 atom stereocenters. The largest absolute Gasteiger partial charge is 0.755 e. The summed E-state index contributed by atoms with van der Waals surface area (Å²) in [7, 11) is 0. The lowest BCUT2D eigenvalue weighted by atomic mass is 10.1. The van der Waals surface area contributed by atoms with Crippen molar-refractivity contribution in [3.8, 4) is 0 Å². The molecule has 0 fully saturated rings. The number of nitrogens with zero attached hydrogens (tertiary/aromatic N) is 1. The fraction of sp³-hybridized carbons (Fsp3) is 0. The van der Waals surface area contributed by atoms with Crippen molar-refractivity contribution in [2.24, 2.45) is 0 Å². The first-order valence-corrected chi connectivity index (χ1v) is 3.77. The fourth-order valence-corrected chi connectivity index (χ4v) is 1.18. The standard InChI is InChI=1S/C10H8NO/c12-11-7-6-9-4-2-1-3-5-10(9)8-11/h1-8H/q-1. The number of hydrogen-bond donors (Lipinski definition) is 0. The monoisotopic (exact) mass is 158 g/mol. The Labute approximate surface area is 71.1 Å². The van der Waals surface area contributed by atoms with Crippen molar-refractivity contribution < 1.29 is 0 Å². The van der Waals surface area contributed by atoms with Gasteiger partial charge < -0.3 is 10.3 Å². The SMILES string of the molecule is [O-]N1C=CC2=CC=CC=CC2=C1. The van der Waals surface area contributed by atoms with Gasteiger partial charge in [-0.25, -0.2) is 0 Å². The Kier molecular flexibility index (Phi) is 1.68. The highest BCUT2D eigenvalue weighted by Crippen LogP contribution is 2.20. The van der Waals surface area contributed by atoms with Crippen LogP contribution in [-0.2, 0) is 0 Å². The Morgan fingerprint density at radius 1 is 1.00 bits per heavy atom.